The summed E-state index contributed by atoms with van der Waals surface area (Å²) in [4.78, 5) is 10.3. The number of hydrogen-bond acceptors (Lipinski definition) is 3. The summed E-state index contributed by atoms with van der Waals surface area (Å²) in [5, 5.41) is 8.00. The molecule has 13 aromatic rings. The van der Waals surface area contributed by atoms with E-state index in [1.165, 1.54) is 32.7 Å². The van der Waals surface area contributed by atoms with Crippen molar-refractivity contribution in [2.24, 2.45) is 0 Å². The van der Waals surface area contributed by atoms with Crippen molar-refractivity contribution in [2.45, 2.75) is 0 Å². The summed E-state index contributed by atoms with van der Waals surface area (Å²) in [5.41, 5.74) is 14.6. The molecule has 9 aromatic carbocycles. The van der Waals surface area contributed by atoms with Crippen LogP contribution in [0.1, 0.15) is 0 Å². The van der Waals surface area contributed by atoms with E-state index < -0.39 is 0 Å². The van der Waals surface area contributed by atoms with E-state index in [1.807, 2.05) is 24.3 Å². The summed E-state index contributed by atoms with van der Waals surface area (Å²) in [5.74, 6) is 0.691. The minimum atomic E-state index is 0.691. The van der Waals surface area contributed by atoms with Crippen molar-refractivity contribution in [3.05, 3.63) is 206 Å². The predicted molar refractivity (Wildman–Crippen MR) is 252 cm³/mol. The van der Waals surface area contributed by atoms with E-state index in [0.29, 0.717) is 5.82 Å². The minimum absolute atomic E-state index is 0.691. The summed E-state index contributed by atoms with van der Waals surface area (Å²) >= 11 is 0. The molecule has 5 heteroatoms. The Morgan fingerprint density at radius 3 is 1.77 bits per heavy atom. The zero-order chi connectivity index (χ0) is 40.0. The molecule has 0 atom stereocenters. The maximum atomic E-state index is 6.56. The number of nitrogens with zero attached hydrogens (tertiary/aromatic N) is 4. The molecule has 0 spiro atoms. The average Bonchev–Trinajstić information content (AvgIpc) is 3.98. The van der Waals surface area contributed by atoms with E-state index in [9.17, 15) is 0 Å². The molecule has 0 aliphatic rings. The highest BCUT2D eigenvalue weighted by Crippen LogP contribution is 2.44. The molecular formula is C56H34N4O. The van der Waals surface area contributed by atoms with Crippen LogP contribution in [-0.2, 0) is 0 Å². The lowest BCUT2D eigenvalue weighted by Crippen LogP contribution is -1.99. The van der Waals surface area contributed by atoms with Crippen molar-refractivity contribution in [3.63, 3.8) is 0 Å². The molecule has 0 amide bonds. The molecule has 284 valence electrons. The van der Waals surface area contributed by atoms with Gasteiger partial charge in [-0.05, 0) is 71.8 Å². The van der Waals surface area contributed by atoms with Crippen molar-refractivity contribution in [3.8, 4) is 45.1 Å². The van der Waals surface area contributed by atoms with E-state index >= 15 is 0 Å². The van der Waals surface area contributed by atoms with Crippen molar-refractivity contribution in [2.75, 3.05) is 0 Å². The first kappa shape index (κ1) is 33.7. The van der Waals surface area contributed by atoms with E-state index in [0.717, 1.165) is 83.1 Å². The summed E-state index contributed by atoms with van der Waals surface area (Å²) in [6, 6.07) is 73.2. The number of fused-ring (bicyclic) bond motifs is 11. The van der Waals surface area contributed by atoms with Crippen molar-refractivity contribution in [1.82, 2.24) is 19.1 Å². The van der Waals surface area contributed by atoms with Crippen LogP contribution >= 0.6 is 0 Å². The largest absolute Gasteiger partial charge is 0.456 e. The molecule has 0 aliphatic heterocycles. The molecule has 0 bridgehead atoms. The number of rotatable bonds is 5. The SMILES string of the molecule is c1ccc(-c2cccc(-n3c4ccccc4c4ccc5c6cc7c(cc6n(-c6ccc(-c8nc(-c9ccccc9)c9ccccc9n8)cc6)c5c43)oc3ccccc37)c2)cc1. The monoisotopic (exact) mass is 778 g/mol. The minimum Gasteiger partial charge on any atom is -0.456 e. The van der Waals surface area contributed by atoms with Gasteiger partial charge in [0.1, 0.15) is 11.2 Å². The molecule has 0 radical (unpaired) electrons. The van der Waals surface area contributed by atoms with Crippen LogP contribution in [0.25, 0.3) is 122 Å². The molecule has 0 saturated carbocycles. The zero-order valence-corrected chi connectivity index (χ0v) is 32.8. The van der Waals surface area contributed by atoms with Gasteiger partial charge in [0.2, 0.25) is 0 Å². The first-order chi connectivity index (χ1) is 30.2. The molecular weight excluding hydrogens is 745 g/mol. The van der Waals surface area contributed by atoms with Crippen molar-refractivity contribution in [1.29, 1.82) is 0 Å². The Bertz CT molecular complexity index is 3860. The molecule has 5 nitrogen and oxygen atoms in total. The lowest BCUT2D eigenvalue weighted by molar-refractivity contribution is 0.669. The van der Waals surface area contributed by atoms with Gasteiger partial charge >= 0.3 is 0 Å². The quantitative estimate of drug-likeness (QED) is 0.175. The third kappa shape index (κ3) is 5.14. The summed E-state index contributed by atoms with van der Waals surface area (Å²) < 4.78 is 11.4. The Morgan fingerprint density at radius 1 is 0.328 bits per heavy atom. The Kier molecular flexibility index (Phi) is 7.24. The summed E-state index contributed by atoms with van der Waals surface area (Å²) in [7, 11) is 0. The smallest absolute Gasteiger partial charge is 0.160 e. The molecule has 0 aliphatic carbocycles. The number of hydrogen-bond donors (Lipinski definition) is 0. The third-order valence-electron chi connectivity index (χ3n) is 12.3. The van der Waals surface area contributed by atoms with Gasteiger partial charge in [-0.25, -0.2) is 9.97 Å². The molecule has 0 fully saturated rings. The molecule has 4 heterocycles. The van der Waals surface area contributed by atoms with Gasteiger partial charge in [0.25, 0.3) is 0 Å². The van der Waals surface area contributed by atoms with Crippen LogP contribution in [0, 0.1) is 0 Å². The van der Waals surface area contributed by atoms with E-state index in [4.69, 9.17) is 14.4 Å². The zero-order valence-electron chi connectivity index (χ0n) is 32.8. The first-order valence-electron chi connectivity index (χ1n) is 20.7. The third-order valence-corrected chi connectivity index (χ3v) is 12.3. The summed E-state index contributed by atoms with van der Waals surface area (Å²) in [6.07, 6.45) is 0. The Labute approximate surface area is 350 Å². The van der Waals surface area contributed by atoms with Gasteiger partial charge < -0.3 is 13.6 Å². The van der Waals surface area contributed by atoms with Crippen LogP contribution in [0.4, 0.5) is 0 Å². The van der Waals surface area contributed by atoms with Crippen LogP contribution in [0.3, 0.4) is 0 Å². The van der Waals surface area contributed by atoms with Crippen molar-refractivity contribution < 1.29 is 4.42 Å². The lowest BCUT2D eigenvalue weighted by Gasteiger charge is -2.14. The summed E-state index contributed by atoms with van der Waals surface area (Å²) in [6.45, 7) is 0. The maximum Gasteiger partial charge on any atom is 0.160 e. The topological polar surface area (TPSA) is 48.8 Å². The molecule has 61 heavy (non-hydrogen) atoms. The molecule has 0 N–H and O–H groups in total. The normalized spacial score (nSPS) is 11.9. The van der Waals surface area contributed by atoms with E-state index in [1.54, 1.807) is 0 Å². The van der Waals surface area contributed by atoms with Crippen LogP contribution in [0.2, 0.25) is 0 Å². The van der Waals surface area contributed by atoms with Gasteiger partial charge in [-0.15, -0.1) is 0 Å². The van der Waals surface area contributed by atoms with Gasteiger partial charge in [-0.3, -0.25) is 0 Å². The van der Waals surface area contributed by atoms with Crippen LogP contribution in [-0.4, -0.2) is 19.1 Å². The number of aromatic nitrogens is 4. The number of benzene rings is 9. The second-order valence-electron chi connectivity index (χ2n) is 15.8. The standard InChI is InChI=1S/C56H34N4O/c1-3-14-35(15-4-1)38-18-13-19-40(32-38)60-49-24-11-8-20-41(49)43-30-31-44-46-33-47-42-21-9-12-25-51(42)61-52(47)34-50(46)59(55(44)54(43)60)39-28-26-37(27-29-39)56-57-48-23-10-7-22-45(48)53(58-56)36-16-5-2-6-17-36/h1-34H. The number of furan rings is 1. The lowest BCUT2D eigenvalue weighted by atomic mass is 10.0. The highest BCUT2D eigenvalue weighted by molar-refractivity contribution is 6.26. The second kappa shape index (κ2) is 13.1. The molecule has 0 saturated heterocycles. The van der Waals surface area contributed by atoms with E-state index in [-0.39, 0.29) is 0 Å². The fraction of sp³-hybridized carbons (Fsp3) is 0. The van der Waals surface area contributed by atoms with Crippen LogP contribution < -0.4 is 0 Å². The number of para-hydroxylation sites is 3. The van der Waals surface area contributed by atoms with Gasteiger partial charge in [0.05, 0.1) is 33.3 Å². The van der Waals surface area contributed by atoms with Gasteiger partial charge in [0, 0.05) is 66.3 Å². The van der Waals surface area contributed by atoms with Crippen LogP contribution in [0.15, 0.2) is 211 Å². The van der Waals surface area contributed by atoms with Gasteiger partial charge in [-0.2, -0.15) is 0 Å². The highest BCUT2D eigenvalue weighted by atomic mass is 16.3. The molecule has 13 rings (SSSR count). The second-order valence-corrected chi connectivity index (χ2v) is 15.8. The fourth-order valence-electron chi connectivity index (χ4n) is 9.54. The first-order valence-corrected chi connectivity index (χ1v) is 20.7. The maximum absolute atomic E-state index is 6.56. The molecule has 4 aromatic heterocycles. The van der Waals surface area contributed by atoms with Gasteiger partial charge in [0.15, 0.2) is 5.82 Å². The predicted octanol–water partition coefficient (Wildman–Crippen LogP) is 14.7. The highest BCUT2D eigenvalue weighted by Gasteiger charge is 2.23. The Morgan fingerprint density at radius 2 is 0.967 bits per heavy atom. The van der Waals surface area contributed by atoms with Gasteiger partial charge in [-0.1, -0.05) is 140 Å². The van der Waals surface area contributed by atoms with E-state index in [2.05, 4.69) is 191 Å². The fourth-order valence-corrected chi connectivity index (χ4v) is 9.54. The van der Waals surface area contributed by atoms with Crippen molar-refractivity contribution >= 4 is 76.5 Å². The average molecular weight is 779 g/mol. The Hall–Kier alpha value is -8.28. The molecule has 0 unspecified atom stereocenters. The Balaban J connectivity index is 1.10. The van der Waals surface area contributed by atoms with Crippen LogP contribution in [0.5, 0.6) is 0 Å².